The maximum absolute atomic E-state index is 10.5. The summed E-state index contributed by atoms with van der Waals surface area (Å²) in [7, 11) is 0. The summed E-state index contributed by atoms with van der Waals surface area (Å²) < 4.78 is 0. The molecule has 0 heterocycles. The Balaban J connectivity index is 5.06. The second kappa shape index (κ2) is 5.27. The highest BCUT2D eigenvalue weighted by Crippen LogP contribution is 2.18. The number of hydrogen-bond donors (Lipinski definition) is 2. The number of rotatable bonds is 7. The zero-order valence-electron chi connectivity index (χ0n) is 7.88. The predicted molar refractivity (Wildman–Crippen MR) is 46.3 cm³/mol. The van der Waals surface area contributed by atoms with Crippen LogP contribution in [0.4, 0.5) is 0 Å². The third-order valence-electron chi connectivity index (χ3n) is 2.03. The first kappa shape index (κ1) is 14.1. The third kappa shape index (κ3) is 2.80. The Morgan fingerprint density at radius 2 is 1.38 bits per heavy atom. The molecule has 0 radical (unpaired) electrons. The molecular formula is C5H9N3O8. The molecular weight excluding hydrogens is 230 g/mol. The van der Waals surface area contributed by atoms with Crippen LogP contribution in [-0.4, -0.2) is 49.9 Å². The number of aliphatic hydroxyl groups excluding tert-OH is 2. The second-order valence-electron chi connectivity index (χ2n) is 3.05. The minimum Gasteiger partial charge on any atom is -0.389 e. The highest BCUT2D eigenvalue weighted by atomic mass is 16.7. The molecule has 0 rings (SSSR count). The van der Waals surface area contributed by atoms with E-state index in [2.05, 4.69) is 0 Å². The molecule has 0 aliphatic heterocycles. The van der Waals surface area contributed by atoms with Gasteiger partial charge in [-0.1, -0.05) is 0 Å². The molecule has 11 nitrogen and oxygen atoms in total. The maximum Gasteiger partial charge on any atom is 0.457 e. The summed E-state index contributed by atoms with van der Waals surface area (Å²) in [5.74, 6) is 0. The van der Waals surface area contributed by atoms with Crippen molar-refractivity contribution in [3.8, 4) is 0 Å². The van der Waals surface area contributed by atoms with Crippen molar-refractivity contribution in [1.82, 2.24) is 0 Å². The first-order chi connectivity index (χ1) is 7.30. The van der Waals surface area contributed by atoms with Crippen molar-refractivity contribution in [2.24, 2.45) is 0 Å². The molecule has 0 spiro atoms. The van der Waals surface area contributed by atoms with Crippen LogP contribution in [0.15, 0.2) is 0 Å². The topological polar surface area (TPSA) is 170 Å². The van der Waals surface area contributed by atoms with E-state index in [-0.39, 0.29) is 0 Å². The summed E-state index contributed by atoms with van der Waals surface area (Å²) >= 11 is 0. The van der Waals surface area contributed by atoms with E-state index in [0.29, 0.717) is 0 Å². The quantitative estimate of drug-likeness (QED) is 0.299. The van der Waals surface area contributed by atoms with E-state index in [1.165, 1.54) is 0 Å². The fourth-order valence-electron chi connectivity index (χ4n) is 0.935. The van der Waals surface area contributed by atoms with E-state index < -0.39 is 46.1 Å². The number of nitro groups is 3. The van der Waals surface area contributed by atoms with Crippen LogP contribution >= 0.6 is 0 Å². The Bertz CT molecular complexity index is 286. The summed E-state index contributed by atoms with van der Waals surface area (Å²) in [5, 5.41) is 48.4. The van der Waals surface area contributed by atoms with E-state index >= 15 is 0 Å². The molecule has 16 heavy (non-hydrogen) atoms. The average Bonchev–Trinajstić information content (AvgIpc) is 2.18. The van der Waals surface area contributed by atoms with Crippen LogP contribution in [0.3, 0.4) is 0 Å². The van der Waals surface area contributed by atoms with Gasteiger partial charge in [0.15, 0.2) is 6.42 Å². The van der Waals surface area contributed by atoms with E-state index in [1.807, 2.05) is 0 Å². The molecule has 92 valence electrons. The Hall–Kier alpha value is -1.88. The van der Waals surface area contributed by atoms with Crippen LogP contribution < -0.4 is 0 Å². The van der Waals surface area contributed by atoms with Crippen LogP contribution in [0, 0.1) is 30.3 Å². The van der Waals surface area contributed by atoms with Crippen molar-refractivity contribution in [1.29, 1.82) is 0 Å². The molecule has 0 aromatic heterocycles. The molecule has 2 N–H and O–H groups in total. The first-order valence-electron chi connectivity index (χ1n) is 3.94. The van der Waals surface area contributed by atoms with Gasteiger partial charge in [0.25, 0.3) is 5.54 Å². The molecule has 0 bridgehead atoms. The predicted octanol–water partition coefficient (Wildman–Crippen LogP) is -1.74. The van der Waals surface area contributed by atoms with Gasteiger partial charge in [0.1, 0.15) is 13.2 Å². The van der Waals surface area contributed by atoms with Crippen molar-refractivity contribution in [2.45, 2.75) is 18.1 Å². The minimum absolute atomic E-state index is 1.16. The largest absolute Gasteiger partial charge is 0.457 e. The molecule has 0 amide bonds. The number of aliphatic hydroxyl groups is 2. The number of nitrogens with zero attached hydrogens (tertiary/aromatic N) is 3. The fraction of sp³-hybridized carbons (Fsp3) is 1.00. The lowest BCUT2D eigenvalue weighted by atomic mass is 9.97. The Labute approximate surface area is 87.7 Å². The Morgan fingerprint density at radius 1 is 1.00 bits per heavy atom. The van der Waals surface area contributed by atoms with Gasteiger partial charge >= 0.3 is 6.17 Å². The summed E-state index contributed by atoms with van der Waals surface area (Å²) in [5.41, 5.74) is -2.48. The van der Waals surface area contributed by atoms with Crippen molar-refractivity contribution in [3.05, 3.63) is 30.3 Å². The SMILES string of the molecule is O=[N+]([O-])C(CC(CO)(CO)[N+](=O)[O-])[N+](=O)[O-]. The van der Waals surface area contributed by atoms with Gasteiger partial charge in [-0.05, 0) is 0 Å². The van der Waals surface area contributed by atoms with E-state index in [9.17, 15) is 30.3 Å². The van der Waals surface area contributed by atoms with Crippen LogP contribution in [0.2, 0.25) is 0 Å². The zero-order valence-corrected chi connectivity index (χ0v) is 7.88. The third-order valence-corrected chi connectivity index (χ3v) is 2.03. The summed E-state index contributed by atoms with van der Waals surface area (Å²) in [6.45, 7) is -2.45. The zero-order chi connectivity index (χ0) is 12.9. The molecule has 0 fully saturated rings. The Kier molecular flexibility index (Phi) is 4.65. The lowest BCUT2D eigenvalue weighted by Gasteiger charge is -2.19. The highest BCUT2D eigenvalue weighted by Gasteiger charge is 2.52. The lowest BCUT2D eigenvalue weighted by molar-refractivity contribution is -0.753. The summed E-state index contributed by atoms with van der Waals surface area (Å²) in [4.78, 5) is 27.2. The van der Waals surface area contributed by atoms with E-state index in [4.69, 9.17) is 10.2 Å². The van der Waals surface area contributed by atoms with Crippen molar-refractivity contribution >= 4 is 0 Å². The summed E-state index contributed by atoms with van der Waals surface area (Å²) in [6.07, 6.45) is -3.63. The van der Waals surface area contributed by atoms with Gasteiger partial charge < -0.3 is 10.2 Å². The van der Waals surface area contributed by atoms with Gasteiger partial charge in [0.2, 0.25) is 0 Å². The normalized spacial score (nSPS) is 11.4. The first-order valence-corrected chi connectivity index (χ1v) is 3.94. The highest BCUT2D eigenvalue weighted by molar-refractivity contribution is 4.78. The molecule has 0 aromatic rings. The lowest BCUT2D eigenvalue weighted by Crippen LogP contribution is -2.51. The van der Waals surface area contributed by atoms with Gasteiger partial charge in [-0.3, -0.25) is 30.3 Å². The van der Waals surface area contributed by atoms with Crippen molar-refractivity contribution in [3.63, 3.8) is 0 Å². The van der Waals surface area contributed by atoms with Gasteiger partial charge in [-0.2, -0.15) is 0 Å². The molecule has 0 saturated heterocycles. The second-order valence-corrected chi connectivity index (χ2v) is 3.05. The minimum atomic E-state index is -2.48. The van der Waals surface area contributed by atoms with Crippen LogP contribution in [0.5, 0.6) is 0 Å². The maximum atomic E-state index is 10.5. The van der Waals surface area contributed by atoms with E-state index in [1.54, 1.807) is 0 Å². The summed E-state index contributed by atoms with van der Waals surface area (Å²) in [6, 6.07) is 0. The molecule has 0 saturated carbocycles. The van der Waals surface area contributed by atoms with Crippen molar-refractivity contribution < 1.29 is 25.0 Å². The van der Waals surface area contributed by atoms with Crippen LogP contribution in [0.1, 0.15) is 6.42 Å². The van der Waals surface area contributed by atoms with Gasteiger partial charge in [-0.15, -0.1) is 0 Å². The fourth-order valence-corrected chi connectivity index (χ4v) is 0.935. The smallest absolute Gasteiger partial charge is 0.389 e. The number of hydrogen-bond acceptors (Lipinski definition) is 8. The van der Waals surface area contributed by atoms with E-state index in [0.717, 1.165) is 0 Å². The Morgan fingerprint density at radius 3 is 1.56 bits per heavy atom. The monoisotopic (exact) mass is 239 g/mol. The molecule has 0 aliphatic rings. The molecule has 0 unspecified atom stereocenters. The molecule has 0 aliphatic carbocycles. The van der Waals surface area contributed by atoms with Gasteiger partial charge in [-0.25, -0.2) is 0 Å². The van der Waals surface area contributed by atoms with Crippen molar-refractivity contribution in [2.75, 3.05) is 13.2 Å². The average molecular weight is 239 g/mol. The van der Waals surface area contributed by atoms with Gasteiger partial charge in [0.05, 0.1) is 9.85 Å². The molecule has 0 aromatic carbocycles. The van der Waals surface area contributed by atoms with Crippen LogP contribution in [-0.2, 0) is 0 Å². The molecule has 0 atom stereocenters. The molecule has 11 heteroatoms. The standard InChI is InChI=1S/C5H9N3O8/c9-2-5(3-10,8(15)16)1-4(6(11)12)7(13)14/h4,9-10H,1-3H2. The van der Waals surface area contributed by atoms with Crippen LogP contribution in [0.25, 0.3) is 0 Å². The van der Waals surface area contributed by atoms with Gasteiger partial charge in [0, 0.05) is 4.92 Å².